The Labute approximate surface area is 105 Å². The standard InChI is InChI=1S/C14H25N3/c1-4-17(3)8-7-15-14-11(2)9-13(10-16-14)12-5-6-12/h9,12-13H,4-8,10H2,1-3H3,(H,15,16)/t13-/m0/s1. The van der Waals surface area contributed by atoms with Gasteiger partial charge in [0.15, 0.2) is 0 Å². The van der Waals surface area contributed by atoms with E-state index in [0.717, 1.165) is 43.9 Å². The summed E-state index contributed by atoms with van der Waals surface area (Å²) in [5.74, 6) is 2.77. The van der Waals surface area contributed by atoms with E-state index in [1.54, 1.807) is 0 Å². The number of hydrogen-bond acceptors (Lipinski definition) is 3. The largest absolute Gasteiger partial charge is 0.369 e. The van der Waals surface area contributed by atoms with E-state index in [1.165, 1.54) is 18.4 Å². The maximum absolute atomic E-state index is 4.69. The van der Waals surface area contributed by atoms with Crippen molar-refractivity contribution in [2.75, 3.05) is 33.2 Å². The Balaban J connectivity index is 1.76. The predicted octanol–water partition coefficient (Wildman–Crippen LogP) is 1.91. The molecule has 0 amide bonds. The highest BCUT2D eigenvalue weighted by Crippen LogP contribution is 2.39. The molecular weight excluding hydrogens is 210 g/mol. The summed E-state index contributed by atoms with van der Waals surface area (Å²) in [6.07, 6.45) is 5.25. The molecule has 0 saturated heterocycles. The summed E-state index contributed by atoms with van der Waals surface area (Å²) in [7, 11) is 2.15. The molecule has 0 spiro atoms. The van der Waals surface area contributed by atoms with Gasteiger partial charge in [-0.15, -0.1) is 0 Å². The van der Waals surface area contributed by atoms with E-state index in [1.807, 2.05) is 0 Å². The Hall–Kier alpha value is -0.830. The van der Waals surface area contributed by atoms with E-state index in [0.29, 0.717) is 0 Å². The molecule has 96 valence electrons. The molecule has 0 bridgehead atoms. The van der Waals surface area contributed by atoms with Crippen molar-refractivity contribution in [2.45, 2.75) is 26.7 Å². The van der Waals surface area contributed by atoms with Crippen molar-refractivity contribution in [1.82, 2.24) is 10.2 Å². The van der Waals surface area contributed by atoms with Crippen LogP contribution in [0.1, 0.15) is 26.7 Å². The van der Waals surface area contributed by atoms with Crippen molar-refractivity contribution in [1.29, 1.82) is 0 Å². The lowest BCUT2D eigenvalue weighted by Gasteiger charge is -2.21. The second-order valence-electron chi connectivity index (χ2n) is 5.36. The quantitative estimate of drug-likeness (QED) is 0.788. The van der Waals surface area contributed by atoms with Crippen LogP contribution in [0.15, 0.2) is 16.6 Å². The van der Waals surface area contributed by atoms with E-state index in [-0.39, 0.29) is 0 Å². The summed E-state index contributed by atoms with van der Waals surface area (Å²) in [5.41, 5.74) is 1.34. The van der Waals surface area contributed by atoms with Crippen molar-refractivity contribution in [3.63, 3.8) is 0 Å². The normalized spacial score (nSPS) is 24.6. The minimum absolute atomic E-state index is 0.721. The molecular formula is C14H25N3. The lowest BCUT2D eigenvalue weighted by atomic mass is 9.98. The molecule has 3 heteroatoms. The van der Waals surface area contributed by atoms with Gasteiger partial charge in [0.2, 0.25) is 0 Å². The Morgan fingerprint density at radius 1 is 1.47 bits per heavy atom. The van der Waals surface area contributed by atoms with Gasteiger partial charge in [-0.1, -0.05) is 13.0 Å². The van der Waals surface area contributed by atoms with Gasteiger partial charge in [-0.2, -0.15) is 0 Å². The SMILES string of the molecule is CCN(C)CCNC1=NC[C@@H](C2CC2)C=C1C. The first-order chi connectivity index (χ1) is 8.20. The Kier molecular flexibility index (Phi) is 4.21. The molecule has 0 aromatic heterocycles. The zero-order valence-electron chi connectivity index (χ0n) is 11.4. The zero-order valence-corrected chi connectivity index (χ0v) is 11.4. The number of likely N-dealkylation sites (N-methyl/N-ethyl adjacent to an activating group) is 1. The smallest absolute Gasteiger partial charge is 0.123 e. The van der Waals surface area contributed by atoms with Crippen molar-refractivity contribution in [3.8, 4) is 0 Å². The van der Waals surface area contributed by atoms with Crippen LogP contribution >= 0.6 is 0 Å². The second-order valence-corrected chi connectivity index (χ2v) is 5.36. The van der Waals surface area contributed by atoms with E-state index < -0.39 is 0 Å². The van der Waals surface area contributed by atoms with Gasteiger partial charge in [0.05, 0.1) is 0 Å². The summed E-state index contributed by atoms with van der Waals surface area (Å²) >= 11 is 0. The molecule has 1 fully saturated rings. The van der Waals surface area contributed by atoms with E-state index >= 15 is 0 Å². The van der Waals surface area contributed by atoms with Crippen LogP contribution in [0.4, 0.5) is 0 Å². The van der Waals surface area contributed by atoms with Crippen LogP contribution in [-0.2, 0) is 0 Å². The first kappa shape index (κ1) is 12.6. The molecule has 17 heavy (non-hydrogen) atoms. The molecule has 1 atom stereocenters. The van der Waals surface area contributed by atoms with Crippen LogP contribution in [0.2, 0.25) is 0 Å². The number of rotatable bonds is 5. The molecule has 0 unspecified atom stereocenters. The maximum Gasteiger partial charge on any atom is 0.123 e. The molecule has 2 rings (SSSR count). The van der Waals surface area contributed by atoms with Gasteiger partial charge in [-0.25, -0.2) is 0 Å². The van der Waals surface area contributed by atoms with Gasteiger partial charge < -0.3 is 10.2 Å². The summed E-state index contributed by atoms with van der Waals surface area (Å²) in [5, 5.41) is 3.46. The van der Waals surface area contributed by atoms with Crippen molar-refractivity contribution >= 4 is 5.84 Å². The third kappa shape index (κ3) is 3.56. The molecule has 1 saturated carbocycles. The predicted molar refractivity (Wildman–Crippen MR) is 73.4 cm³/mol. The van der Waals surface area contributed by atoms with Crippen LogP contribution in [0.25, 0.3) is 0 Å². The number of dihydropyridines is 1. The van der Waals surface area contributed by atoms with Crippen LogP contribution in [0.3, 0.4) is 0 Å². The summed E-state index contributed by atoms with van der Waals surface area (Å²) in [4.78, 5) is 7.00. The van der Waals surface area contributed by atoms with E-state index in [4.69, 9.17) is 4.99 Å². The molecule has 1 N–H and O–H groups in total. The van der Waals surface area contributed by atoms with E-state index in [9.17, 15) is 0 Å². The molecule has 0 aromatic rings. The maximum atomic E-state index is 4.69. The molecule has 0 radical (unpaired) electrons. The minimum atomic E-state index is 0.721. The van der Waals surface area contributed by atoms with Crippen molar-refractivity contribution in [2.24, 2.45) is 16.8 Å². The van der Waals surface area contributed by atoms with Crippen LogP contribution in [-0.4, -0.2) is 44.0 Å². The zero-order chi connectivity index (χ0) is 12.3. The fraction of sp³-hybridized carbons (Fsp3) is 0.786. The number of nitrogens with one attached hydrogen (secondary N) is 1. The molecule has 1 heterocycles. The average Bonchev–Trinajstić information content (AvgIpc) is 3.15. The monoisotopic (exact) mass is 235 g/mol. The number of aliphatic imine (C=N–C) groups is 1. The summed E-state index contributed by atoms with van der Waals surface area (Å²) < 4.78 is 0. The van der Waals surface area contributed by atoms with Crippen molar-refractivity contribution in [3.05, 3.63) is 11.6 Å². The third-order valence-corrected chi connectivity index (χ3v) is 3.85. The van der Waals surface area contributed by atoms with Gasteiger partial charge >= 0.3 is 0 Å². The van der Waals surface area contributed by atoms with Gasteiger partial charge in [-0.3, -0.25) is 4.99 Å². The van der Waals surface area contributed by atoms with Crippen LogP contribution in [0.5, 0.6) is 0 Å². The highest BCUT2D eigenvalue weighted by molar-refractivity contribution is 5.98. The first-order valence-electron chi connectivity index (χ1n) is 6.86. The van der Waals surface area contributed by atoms with Crippen molar-refractivity contribution < 1.29 is 0 Å². The second kappa shape index (κ2) is 5.67. The fourth-order valence-corrected chi connectivity index (χ4v) is 2.30. The number of amidine groups is 1. The Morgan fingerprint density at radius 3 is 2.82 bits per heavy atom. The lowest BCUT2D eigenvalue weighted by molar-refractivity contribution is 0.357. The summed E-state index contributed by atoms with van der Waals surface area (Å²) in [6, 6.07) is 0. The topological polar surface area (TPSA) is 27.6 Å². The van der Waals surface area contributed by atoms with Crippen LogP contribution < -0.4 is 5.32 Å². The molecule has 0 aromatic carbocycles. The Bertz CT molecular complexity index is 315. The number of nitrogens with zero attached hydrogens (tertiary/aromatic N) is 2. The first-order valence-corrected chi connectivity index (χ1v) is 6.86. The highest BCUT2D eigenvalue weighted by atomic mass is 15.1. The van der Waals surface area contributed by atoms with E-state index in [2.05, 4.69) is 37.2 Å². The third-order valence-electron chi connectivity index (χ3n) is 3.85. The Morgan fingerprint density at radius 2 is 2.24 bits per heavy atom. The average molecular weight is 235 g/mol. The van der Waals surface area contributed by atoms with Gasteiger partial charge in [0.1, 0.15) is 5.84 Å². The van der Waals surface area contributed by atoms with Gasteiger partial charge in [-0.05, 0) is 50.8 Å². The molecule has 3 nitrogen and oxygen atoms in total. The minimum Gasteiger partial charge on any atom is -0.369 e. The number of hydrogen-bond donors (Lipinski definition) is 1. The van der Waals surface area contributed by atoms with Crippen LogP contribution in [0, 0.1) is 11.8 Å². The molecule has 1 aliphatic carbocycles. The highest BCUT2D eigenvalue weighted by Gasteiger charge is 2.31. The summed E-state index contributed by atoms with van der Waals surface area (Å²) in [6.45, 7) is 8.53. The molecule has 2 aliphatic rings. The van der Waals surface area contributed by atoms with Gasteiger partial charge in [0.25, 0.3) is 0 Å². The lowest BCUT2D eigenvalue weighted by Crippen LogP contribution is -2.35. The molecule has 1 aliphatic heterocycles. The van der Waals surface area contributed by atoms with Gasteiger partial charge in [0, 0.05) is 19.6 Å². The fourth-order valence-electron chi connectivity index (χ4n) is 2.30.